The number of piperidine rings is 1. The molecule has 1 atom stereocenters. The van der Waals surface area contributed by atoms with E-state index in [1.807, 2.05) is 6.20 Å². The van der Waals surface area contributed by atoms with Crippen LogP contribution in [0.4, 0.5) is 0 Å². The Morgan fingerprint density at radius 2 is 2.12 bits per heavy atom. The number of nitrogens with zero attached hydrogens (tertiary/aromatic N) is 3. The molecule has 0 bridgehead atoms. The summed E-state index contributed by atoms with van der Waals surface area (Å²) >= 11 is 0. The number of rotatable bonds is 5. The van der Waals surface area contributed by atoms with Crippen LogP contribution in [0.1, 0.15) is 59.1 Å². The van der Waals surface area contributed by atoms with Crippen LogP contribution >= 0.6 is 24.0 Å². The van der Waals surface area contributed by atoms with Gasteiger partial charge in [0, 0.05) is 31.6 Å². The Bertz CT molecular complexity index is 565. The molecule has 1 aromatic heterocycles. The van der Waals surface area contributed by atoms with Crippen LogP contribution < -0.4 is 10.6 Å². The van der Waals surface area contributed by atoms with Gasteiger partial charge in [0.15, 0.2) is 5.96 Å². The van der Waals surface area contributed by atoms with E-state index in [4.69, 9.17) is 4.42 Å². The maximum absolute atomic E-state index is 5.81. The fraction of sp³-hybridized carbons (Fsp3) is 0.789. The zero-order valence-corrected chi connectivity index (χ0v) is 19.5. The second kappa shape index (κ2) is 10.5. The number of hydrogen-bond acceptors (Lipinski definition) is 4. The van der Waals surface area contributed by atoms with Crippen molar-refractivity contribution in [2.24, 2.45) is 10.9 Å². The molecule has 1 saturated heterocycles. The molecule has 1 aromatic rings. The number of nitrogens with one attached hydrogen (secondary N) is 2. The number of oxazole rings is 1. The average Bonchev–Trinajstić information content (AvgIpc) is 3.04. The molecular weight excluding hydrogens is 441 g/mol. The van der Waals surface area contributed by atoms with Crippen molar-refractivity contribution in [2.75, 3.05) is 26.7 Å². The van der Waals surface area contributed by atoms with Crippen LogP contribution in [-0.2, 0) is 12.0 Å². The Hall–Kier alpha value is -0.830. The van der Waals surface area contributed by atoms with E-state index in [1.165, 1.54) is 19.4 Å². The predicted molar refractivity (Wildman–Crippen MR) is 118 cm³/mol. The normalized spacial score (nSPS) is 19.3. The number of guanidine groups is 1. The lowest BCUT2D eigenvalue weighted by Gasteiger charge is -2.35. The van der Waals surface area contributed by atoms with Crippen molar-refractivity contribution >= 4 is 29.9 Å². The minimum absolute atomic E-state index is 0. The Morgan fingerprint density at radius 1 is 1.38 bits per heavy atom. The smallest absolute Gasteiger partial charge is 0.213 e. The summed E-state index contributed by atoms with van der Waals surface area (Å²) in [7, 11) is 1.80. The van der Waals surface area contributed by atoms with Crippen molar-refractivity contribution in [1.82, 2.24) is 20.5 Å². The van der Waals surface area contributed by atoms with Gasteiger partial charge in [0.25, 0.3) is 0 Å². The summed E-state index contributed by atoms with van der Waals surface area (Å²) in [6.45, 7) is 14.8. The van der Waals surface area contributed by atoms with Crippen LogP contribution in [0.25, 0.3) is 0 Å². The third-order valence-electron chi connectivity index (χ3n) is 4.76. The lowest BCUT2D eigenvalue weighted by molar-refractivity contribution is 0.141. The molecule has 150 valence electrons. The summed E-state index contributed by atoms with van der Waals surface area (Å²) in [5, 5.41) is 6.74. The number of aliphatic imine (C=N–C) groups is 1. The van der Waals surface area contributed by atoms with E-state index in [2.05, 4.69) is 60.1 Å². The van der Waals surface area contributed by atoms with Crippen molar-refractivity contribution in [1.29, 1.82) is 0 Å². The van der Waals surface area contributed by atoms with Crippen molar-refractivity contribution in [3.63, 3.8) is 0 Å². The van der Waals surface area contributed by atoms with Gasteiger partial charge in [-0.15, -0.1) is 24.0 Å². The number of hydrogen-bond donors (Lipinski definition) is 2. The second-order valence-electron chi connectivity index (χ2n) is 8.27. The van der Waals surface area contributed by atoms with E-state index in [0.29, 0.717) is 24.4 Å². The Balaban J connectivity index is 0.00000338. The first-order chi connectivity index (χ1) is 11.8. The maximum Gasteiger partial charge on any atom is 0.213 e. The topological polar surface area (TPSA) is 65.7 Å². The largest absolute Gasteiger partial charge is 0.443 e. The highest BCUT2D eigenvalue weighted by Crippen LogP contribution is 2.22. The minimum Gasteiger partial charge on any atom is -0.443 e. The highest BCUT2D eigenvalue weighted by molar-refractivity contribution is 14.0. The predicted octanol–water partition coefficient (Wildman–Crippen LogP) is 3.38. The monoisotopic (exact) mass is 477 g/mol. The number of likely N-dealkylation sites (tertiary alicyclic amines) is 1. The van der Waals surface area contributed by atoms with E-state index >= 15 is 0 Å². The van der Waals surface area contributed by atoms with Crippen LogP contribution in [0.3, 0.4) is 0 Å². The van der Waals surface area contributed by atoms with Crippen LogP contribution in [0.5, 0.6) is 0 Å². The van der Waals surface area contributed by atoms with Gasteiger partial charge in [0.05, 0.1) is 12.7 Å². The van der Waals surface area contributed by atoms with Crippen molar-refractivity contribution < 1.29 is 4.42 Å². The van der Waals surface area contributed by atoms with Gasteiger partial charge >= 0.3 is 0 Å². The van der Waals surface area contributed by atoms with Gasteiger partial charge < -0.3 is 20.0 Å². The number of halogens is 1. The molecule has 1 aliphatic rings. The summed E-state index contributed by atoms with van der Waals surface area (Å²) in [4.78, 5) is 11.2. The summed E-state index contributed by atoms with van der Waals surface area (Å²) in [5.74, 6) is 3.07. The van der Waals surface area contributed by atoms with Gasteiger partial charge in [-0.25, -0.2) is 4.98 Å². The average molecular weight is 477 g/mol. The van der Waals surface area contributed by atoms with Gasteiger partial charge in [0.1, 0.15) is 5.76 Å². The molecule has 1 fully saturated rings. The Labute approximate surface area is 175 Å². The molecule has 0 spiro atoms. The van der Waals surface area contributed by atoms with E-state index < -0.39 is 0 Å². The molecule has 0 saturated carbocycles. The van der Waals surface area contributed by atoms with Crippen LogP contribution in [0.15, 0.2) is 15.6 Å². The highest BCUT2D eigenvalue weighted by atomic mass is 127. The maximum atomic E-state index is 5.81. The van der Waals surface area contributed by atoms with Crippen molar-refractivity contribution in [2.45, 2.75) is 65.5 Å². The molecule has 6 nitrogen and oxygen atoms in total. The summed E-state index contributed by atoms with van der Waals surface area (Å²) in [6, 6.07) is 0.627. The molecule has 2 N–H and O–H groups in total. The van der Waals surface area contributed by atoms with E-state index in [9.17, 15) is 0 Å². The quantitative estimate of drug-likeness (QED) is 0.387. The fourth-order valence-electron chi connectivity index (χ4n) is 3.09. The molecule has 0 radical (unpaired) electrons. The first-order valence-electron chi connectivity index (χ1n) is 9.43. The highest BCUT2D eigenvalue weighted by Gasteiger charge is 2.22. The number of aromatic nitrogens is 1. The van der Waals surface area contributed by atoms with Gasteiger partial charge in [-0.05, 0) is 39.2 Å². The Kier molecular flexibility index (Phi) is 9.36. The van der Waals surface area contributed by atoms with Crippen LogP contribution in [0.2, 0.25) is 0 Å². The summed E-state index contributed by atoms with van der Waals surface area (Å²) in [5.41, 5.74) is -0.0194. The molecule has 2 heterocycles. The fourth-order valence-corrected chi connectivity index (χ4v) is 3.09. The lowest BCUT2D eigenvalue weighted by atomic mass is 9.94. The second-order valence-corrected chi connectivity index (χ2v) is 8.27. The van der Waals surface area contributed by atoms with Crippen molar-refractivity contribution in [3.8, 4) is 0 Å². The summed E-state index contributed by atoms with van der Waals surface area (Å²) in [6.07, 6.45) is 4.38. The standard InChI is InChI=1S/C19H35N5O.HI/c1-14(2)24-9-7-8-15(13-24)10-22-18(20-6)23-12-17-21-11-16(25-17)19(3,4)5;/h11,14-15H,7-10,12-13H2,1-6H3,(H2,20,22,23);1H. The van der Waals surface area contributed by atoms with Crippen molar-refractivity contribution in [3.05, 3.63) is 17.8 Å². The first kappa shape index (κ1) is 23.2. The molecule has 0 aliphatic carbocycles. The Morgan fingerprint density at radius 3 is 2.69 bits per heavy atom. The van der Waals surface area contributed by atoms with Gasteiger partial charge in [-0.1, -0.05) is 20.8 Å². The molecule has 7 heteroatoms. The van der Waals surface area contributed by atoms with Crippen LogP contribution in [0, 0.1) is 5.92 Å². The third-order valence-corrected chi connectivity index (χ3v) is 4.76. The first-order valence-corrected chi connectivity index (χ1v) is 9.43. The third kappa shape index (κ3) is 7.06. The molecule has 1 aliphatic heterocycles. The van der Waals surface area contributed by atoms with Crippen LogP contribution in [-0.4, -0.2) is 48.6 Å². The van der Waals surface area contributed by atoms with E-state index in [-0.39, 0.29) is 29.4 Å². The van der Waals surface area contributed by atoms with Gasteiger partial charge in [-0.2, -0.15) is 0 Å². The minimum atomic E-state index is -0.0194. The van der Waals surface area contributed by atoms with Gasteiger partial charge in [0.2, 0.25) is 5.89 Å². The molecule has 0 amide bonds. The zero-order valence-electron chi connectivity index (χ0n) is 17.1. The van der Waals surface area contributed by atoms with E-state index in [0.717, 1.165) is 24.8 Å². The molecule has 26 heavy (non-hydrogen) atoms. The molecule has 1 unspecified atom stereocenters. The molecule has 2 rings (SSSR count). The summed E-state index contributed by atoms with van der Waals surface area (Å²) < 4.78 is 5.81. The van der Waals surface area contributed by atoms with Gasteiger partial charge in [-0.3, -0.25) is 4.99 Å². The lowest BCUT2D eigenvalue weighted by Crippen LogP contribution is -2.46. The zero-order chi connectivity index (χ0) is 18.4. The molecular formula is C19H36IN5O. The van der Waals surface area contributed by atoms with E-state index in [1.54, 1.807) is 7.05 Å². The molecule has 0 aromatic carbocycles. The SMILES string of the molecule is CN=C(NCc1ncc(C(C)(C)C)o1)NCC1CCCN(C(C)C)C1.I.